The van der Waals surface area contributed by atoms with Crippen molar-refractivity contribution >= 4 is 5.91 Å². The monoisotopic (exact) mass is 303 g/mol. The number of amides is 1. The average molecular weight is 303 g/mol. The molecule has 1 atom stereocenters. The number of ether oxygens (including phenoxy) is 1. The van der Waals surface area contributed by atoms with E-state index in [-0.39, 0.29) is 11.8 Å². The van der Waals surface area contributed by atoms with Gasteiger partial charge >= 0.3 is 0 Å². The van der Waals surface area contributed by atoms with Crippen LogP contribution in [-0.4, -0.2) is 68.6 Å². The summed E-state index contributed by atoms with van der Waals surface area (Å²) in [6.07, 6.45) is 0.774. The molecule has 2 aliphatic rings. The number of rotatable bonds is 4. The molecule has 2 heterocycles. The van der Waals surface area contributed by atoms with Gasteiger partial charge in [0.1, 0.15) is 12.4 Å². The third kappa shape index (κ3) is 3.78. The fourth-order valence-electron chi connectivity index (χ4n) is 3.05. The predicted octanol–water partition coefficient (Wildman–Crippen LogP) is 0.601. The zero-order valence-electron chi connectivity index (χ0n) is 13.3. The third-order valence-electron chi connectivity index (χ3n) is 4.57. The Kier molecular flexibility index (Phi) is 4.95. The fourth-order valence-corrected chi connectivity index (χ4v) is 3.05. The minimum absolute atomic E-state index is 0.0672. The first kappa shape index (κ1) is 15.3. The number of likely N-dealkylation sites (N-methyl/N-ethyl adjacent to an activating group) is 1. The van der Waals surface area contributed by atoms with Gasteiger partial charge < -0.3 is 15.0 Å². The molecule has 5 heteroatoms. The second-order valence-electron chi connectivity index (χ2n) is 6.26. The summed E-state index contributed by atoms with van der Waals surface area (Å²) in [5.74, 6) is 0.968. The van der Waals surface area contributed by atoms with Crippen molar-refractivity contribution in [3.63, 3.8) is 0 Å². The molecule has 120 valence electrons. The Hall–Kier alpha value is -1.59. The van der Waals surface area contributed by atoms with E-state index >= 15 is 0 Å². The molecule has 22 heavy (non-hydrogen) atoms. The molecular weight excluding hydrogens is 278 g/mol. The van der Waals surface area contributed by atoms with Gasteiger partial charge in [0, 0.05) is 39.3 Å². The van der Waals surface area contributed by atoms with Crippen LogP contribution < -0.4 is 10.1 Å². The van der Waals surface area contributed by atoms with Crippen LogP contribution in [0.3, 0.4) is 0 Å². The molecule has 0 bridgehead atoms. The molecule has 0 spiro atoms. The van der Waals surface area contributed by atoms with Gasteiger partial charge in [-0.2, -0.15) is 0 Å². The number of carbonyl (C=O) groups is 1. The van der Waals surface area contributed by atoms with Gasteiger partial charge in [0.05, 0.1) is 5.92 Å². The van der Waals surface area contributed by atoms with Gasteiger partial charge in [0.25, 0.3) is 0 Å². The highest BCUT2D eigenvalue weighted by Gasteiger charge is 2.25. The minimum atomic E-state index is -0.0672. The Balaban J connectivity index is 1.41. The van der Waals surface area contributed by atoms with Crippen LogP contribution in [0.4, 0.5) is 0 Å². The van der Waals surface area contributed by atoms with Crippen LogP contribution in [0.15, 0.2) is 24.3 Å². The van der Waals surface area contributed by atoms with Crippen LogP contribution in [0.5, 0.6) is 5.75 Å². The number of hydrogen-bond acceptors (Lipinski definition) is 4. The Morgan fingerprint density at radius 2 is 2.05 bits per heavy atom. The van der Waals surface area contributed by atoms with Gasteiger partial charge in [-0.3, -0.25) is 9.69 Å². The molecule has 1 amide bonds. The number of nitrogens with one attached hydrogen (secondary N) is 1. The standard InChI is InChI=1S/C17H25N3O2/c1-19-8-10-20(11-9-19)7-6-18-17(21)15-12-14-4-2-3-5-16(14)22-13-15/h2-5,15H,6-13H2,1H3,(H,18,21)/t15-/m1/s1. The molecular formula is C17H25N3O2. The summed E-state index contributed by atoms with van der Waals surface area (Å²) in [4.78, 5) is 17.0. The molecule has 0 saturated carbocycles. The van der Waals surface area contributed by atoms with Crippen molar-refractivity contribution in [2.24, 2.45) is 5.92 Å². The lowest BCUT2D eigenvalue weighted by Gasteiger charge is -2.32. The normalized spacial score (nSPS) is 22.7. The Morgan fingerprint density at radius 1 is 1.27 bits per heavy atom. The quantitative estimate of drug-likeness (QED) is 0.885. The van der Waals surface area contributed by atoms with Gasteiger partial charge in [0.15, 0.2) is 0 Å². The summed E-state index contributed by atoms with van der Waals surface area (Å²) >= 11 is 0. The van der Waals surface area contributed by atoms with Crippen LogP contribution >= 0.6 is 0 Å². The van der Waals surface area contributed by atoms with Crippen molar-refractivity contribution < 1.29 is 9.53 Å². The number of carbonyl (C=O) groups excluding carboxylic acids is 1. The molecule has 1 N–H and O–H groups in total. The van der Waals surface area contributed by atoms with E-state index in [1.165, 1.54) is 0 Å². The second-order valence-corrected chi connectivity index (χ2v) is 6.26. The highest BCUT2D eigenvalue weighted by Crippen LogP contribution is 2.26. The average Bonchev–Trinajstić information content (AvgIpc) is 2.56. The van der Waals surface area contributed by atoms with E-state index < -0.39 is 0 Å². The van der Waals surface area contributed by atoms with Gasteiger partial charge in [-0.05, 0) is 25.1 Å². The highest BCUT2D eigenvalue weighted by atomic mass is 16.5. The zero-order chi connectivity index (χ0) is 15.4. The topological polar surface area (TPSA) is 44.8 Å². The Labute approximate surface area is 132 Å². The van der Waals surface area contributed by atoms with E-state index in [4.69, 9.17) is 4.74 Å². The molecule has 5 nitrogen and oxygen atoms in total. The smallest absolute Gasteiger partial charge is 0.226 e. The van der Waals surface area contributed by atoms with Gasteiger partial charge in [-0.15, -0.1) is 0 Å². The molecule has 0 aliphatic carbocycles. The lowest BCUT2D eigenvalue weighted by atomic mass is 9.96. The summed E-state index contributed by atoms with van der Waals surface area (Å²) in [6, 6.07) is 7.97. The van der Waals surface area contributed by atoms with Crippen LogP contribution in [0.25, 0.3) is 0 Å². The van der Waals surface area contributed by atoms with Crippen LogP contribution in [0.1, 0.15) is 5.56 Å². The van der Waals surface area contributed by atoms with E-state index in [9.17, 15) is 4.79 Å². The lowest BCUT2D eigenvalue weighted by molar-refractivity contribution is -0.126. The number of nitrogens with zero attached hydrogens (tertiary/aromatic N) is 2. The third-order valence-corrected chi connectivity index (χ3v) is 4.57. The molecule has 2 aliphatic heterocycles. The van der Waals surface area contributed by atoms with Crippen molar-refractivity contribution in [2.75, 3.05) is 52.9 Å². The molecule has 0 aromatic heterocycles. The fraction of sp³-hybridized carbons (Fsp3) is 0.588. The largest absolute Gasteiger partial charge is 0.492 e. The van der Waals surface area contributed by atoms with Crippen molar-refractivity contribution in [1.82, 2.24) is 15.1 Å². The number of hydrogen-bond donors (Lipinski definition) is 1. The number of piperazine rings is 1. The van der Waals surface area contributed by atoms with E-state index in [2.05, 4.69) is 22.2 Å². The first-order valence-electron chi connectivity index (χ1n) is 8.11. The summed E-state index contributed by atoms with van der Waals surface area (Å²) in [6.45, 7) is 6.54. The molecule has 1 aromatic rings. The van der Waals surface area contributed by atoms with Crippen molar-refractivity contribution in [3.05, 3.63) is 29.8 Å². The molecule has 0 radical (unpaired) electrons. The van der Waals surface area contributed by atoms with E-state index in [1.807, 2.05) is 24.3 Å². The number of fused-ring (bicyclic) bond motifs is 1. The molecule has 3 rings (SSSR count). The molecule has 0 unspecified atom stereocenters. The van der Waals surface area contributed by atoms with Gasteiger partial charge in [0.2, 0.25) is 5.91 Å². The SMILES string of the molecule is CN1CCN(CCNC(=O)[C@H]2COc3ccccc3C2)CC1. The summed E-state index contributed by atoms with van der Waals surface area (Å²) in [7, 11) is 2.15. The Morgan fingerprint density at radius 3 is 2.86 bits per heavy atom. The van der Waals surface area contributed by atoms with Crippen molar-refractivity contribution in [1.29, 1.82) is 0 Å². The van der Waals surface area contributed by atoms with Crippen LogP contribution in [-0.2, 0) is 11.2 Å². The number of para-hydroxylation sites is 1. The number of benzene rings is 1. The maximum atomic E-state index is 12.3. The van der Waals surface area contributed by atoms with Crippen LogP contribution in [0, 0.1) is 5.92 Å². The van der Waals surface area contributed by atoms with Gasteiger partial charge in [-0.25, -0.2) is 0 Å². The maximum absolute atomic E-state index is 12.3. The summed E-state index contributed by atoms with van der Waals surface area (Å²) in [5.41, 5.74) is 1.13. The van der Waals surface area contributed by atoms with Crippen molar-refractivity contribution in [2.45, 2.75) is 6.42 Å². The molecule has 1 aromatic carbocycles. The summed E-state index contributed by atoms with van der Waals surface area (Å²) in [5, 5.41) is 3.07. The van der Waals surface area contributed by atoms with Crippen molar-refractivity contribution in [3.8, 4) is 5.75 Å². The van der Waals surface area contributed by atoms with E-state index in [0.29, 0.717) is 6.61 Å². The highest BCUT2D eigenvalue weighted by molar-refractivity contribution is 5.79. The first-order valence-corrected chi connectivity index (χ1v) is 8.11. The molecule has 1 fully saturated rings. The minimum Gasteiger partial charge on any atom is -0.492 e. The summed E-state index contributed by atoms with van der Waals surface area (Å²) < 4.78 is 5.69. The zero-order valence-corrected chi connectivity index (χ0v) is 13.3. The lowest BCUT2D eigenvalue weighted by Crippen LogP contribution is -2.47. The maximum Gasteiger partial charge on any atom is 0.226 e. The second kappa shape index (κ2) is 7.11. The van der Waals surface area contributed by atoms with Gasteiger partial charge in [-0.1, -0.05) is 18.2 Å². The van der Waals surface area contributed by atoms with E-state index in [1.54, 1.807) is 0 Å². The van der Waals surface area contributed by atoms with Crippen LogP contribution in [0.2, 0.25) is 0 Å². The molecule has 1 saturated heterocycles. The predicted molar refractivity (Wildman–Crippen MR) is 86.1 cm³/mol. The Bertz CT molecular complexity index is 512. The van der Waals surface area contributed by atoms with E-state index in [0.717, 1.165) is 57.0 Å². The first-order chi connectivity index (χ1) is 10.7.